The van der Waals surface area contributed by atoms with Crippen molar-refractivity contribution in [2.24, 2.45) is 4.99 Å². The molecule has 7 nitrogen and oxygen atoms in total. The lowest BCUT2D eigenvalue weighted by Gasteiger charge is -2.24. The number of aliphatic imine (C=N–C) groups is 1. The van der Waals surface area contributed by atoms with Crippen molar-refractivity contribution in [3.63, 3.8) is 0 Å². The number of halogens is 1. The minimum Gasteiger partial charge on any atom is -0.495 e. The zero-order chi connectivity index (χ0) is 22.0. The molecule has 4 rings (SSSR count). The Kier molecular flexibility index (Phi) is 5.95. The number of amides is 2. The molecule has 0 unspecified atom stereocenters. The first-order valence-electron chi connectivity index (χ1n) is 10.0. The van der Waals surface area contributed by atoms with Gasteiger partial charge in [0.2, 0.25) is 0 Å². The molecule has 0 saturated heterocycles. The fourth-order valence-electron chi connectivity index (χ4n) is 3.55. The van der Waals surface area contributed by atoms with E-state index in [1.165, 1.54) is 5.57 Å². The lowest BCUT2D eigenvalue weighted by atomic mass is 10.0. The van der Waals surface area contributed by atoms with Crippen LogP contribution >= 0.6 is 11.6 Å². The summed E-state index contributed by atoms with van der Waals surface area (Å²) in [6.45, 7) is 4.84. The van der Waals surface area contributed by atoms with Crippen LogP contribution in [0.3, 0.4) is 0 Å². The molecule has 0 radical (unpaired) electrons. The van der Waals surface area contributed by atoms with Crippen LogP contribution in [0.2, 0.25) is 5.02 Å². The summed E-state index contributed by atoms with van der Waals surface area (Å²) >= 11 is 6.13. The number of methoxy groups -OCH3 is 1. The Morgan fingerprint density at radius 2 is 2.13 bits per heavy atom. The molecule has 2 amide bonds. The number of rotatable bonds is 4. The minimum atomic E-state index is -0.182. The van der Waals surface area contributed by atoms with Gasteiger partial charge in [-0.05, 0) is 50.1 Å². The smallest absolute Gasteiger partial charge is 0.343 e. The molecule has 2 N–H and O–H groups in total. The normalized spacial score (nSPS) is 13.7. The Bertz CT molecular complexity index is 1190. The highest BCUT2D eigenvalue weighted by Gasteiger charge is 2.19. The molecule has 1 aliphatic rings. The lowest BCUT2D eigenvalue weighted by Crippen LogP contribution is -2.32. The maximum absolute atomic E-state index is 12.1. The zero-order valence-electron chi connectivity index (χ0n) is 17.7. The number of fused-ring (bicyclic) bond motifs is 1. The van der Waals surface area contributed by atoms with E-state index in [4.69, 9.17) is 16.3 Å². The first-order valence-corrected chi connectivity index (χ1v) is 10.4. The molecule has 3 heterocycles. The second-order valence-corrected chi connectivity index (χ2v) is 7.95. The third-order valence-corrected chi connectivity index (χ3v) is 5.42. The largest absolute Gasteiger partial charge is 0.495 e. The number of H-pyrrole nitrogens is 1. The van der Waals surface area contributed by atoms with E-state index in [1.807, 2.05) is 32.0 Å². The van der Waals surface area contributed by atoms with Gasteiger partial charge in [0.1, 0.15) is 11.4 Å². The van der Waals surface area contributed by atoms with Crippen LogP contribution in [0.4, 0.5) is 16.2 Å². The van der Waals surface area contributed by atoms with E-state index >= 15 is 0 Å². The topological polar surface area (TPSA) is 82.6 Å². The Morgan fingerprint density at radius 1 is 1.29 bits per heavy atom. The van der Waals surface area contributed by atoms with Crippen LogP contribution in [0.25, 0.3) is 16.6 Å². The summed E-state index contributed by atoms with van der Waals surface area (Å²) in [5.41, 5.74) is 5.53. The lowest BCUT2D eigenvalue weighted by molar-refractivity contribution is 0.213. The predicted octanol–water partition coefficient (Wildman–Crippen LogP) is 5.66. The standard InChI is InChI=1S/C23H24ClN5O2/c1-14(2)26-23(30)29-10-7-15(8-11-29)20-13-17-19(6-9-25-22(17)28-20)27-16-4-5-18(24)21(12-16)31-3/h4-7,9,12-13H,8,10-11H2,1-3H3,(H2,25,27,28). The van der Waals surface area contributed by atoms with E-state index in [1.54, 1.807) is 24.3 Å². The monoisotopic (exact) mass is 437 g/mol. The number of carbonyl (C=O) groups is 1. The molecule has 3 aromatic rings. The molecule has 0 spiro atoms. The van der Waals surface area contributed by atoms with Crippen LogP contribution in [0.5, 0.6) is 5.75 Å². The predicted molar refractivity (Wildman–Crippen MR) is 126 cm³/mol. The van der Waals surface area contributed by atoms with Crippen molar-refractivity contribution in [1.29, 1.82) is 0 Å². The van der Waals surface area contributed by atoms with E-state index in [0.29, 0.717) is 23.9 Å². The van der Waals surface area contributed by atoms with Gasteiger partial charge in [-0.2, -0.15) is 0 Å². The Labute approximate surface area is 185 Å². The number of carbonyl (C=O) groups excluding carboxylic acids is 1. The van der Waals surface area contributed by atoms with Gasteiger partial charge in [0, 0.05) is 47.8 Å². The van der Waals surface area contributed by atoms with Gasteiger partial charge in [0.25, 0.3) is 0 Å². The number of urea groups is 1. The highest BCUT2D eigenvalue weighted by atomic mass is 35.5. The number of benzene rings is 1. The highest BCUT2D eigenvalue weighted by Crippen LogP contribution is 2.33. The first-order chi connectivity index (χ1) is 14.9. The number of anilines is 2. The molecule has 2 aromatic heterocycles. The zero-order valence-corrected chi connectivity index (χ0v) is 18.5. The van der Waals surface area contributed by atoms with E-state index in [0.717, 1.165) is 40.2 Å². The Morgan fingerprint density at radius 3 is 2.84 bits per heavy atom. The summed E-state index contributed by atoms with van der Waals surface area (Å²) in [6.07, 6.45) is 4.59. The molecular weight excluding hydrogens is 414 g/mol. The Balaban J connectivity index is 1.58. The van der Waals surface area contributed by atoms with Crippen molar-refractivity contribution in [2.75, 3.05) is 25.5 Å². The summed E-state index contributed by atoms with van der Waals surface area (Å²) in [4.78, 5) is 25.8. The first kappa shape index (κ1) is 20.9. The van der Waals surface area contributed by atoms with Crippen molar-refractivity contribution in [2.45, 2.75) is 20.3 Å². The number of aromatic nitrogens is 2. The number of aromatic amines is 1. The van der Waals surface area contributed by atoms with Crippen molar-refractivity contribution in [3.05, 3.63) is 53.3 Å². The number of ether oxygens (including phenoxy) is 1. The SMILES string of the molecule is COc1cc(Nc2ccnc3[nH]c(C4=CCN(C(=O)N=C(C)C)CC4)cc23)ccc1Cl. The molecule has 0 atom stereocenters. The summed E-state index contributed by atoms with van der Waals surface area (Å²) in [5.74, 6) is 0.612. The van der Waals surface area contributed by atoms with Crippen LogP contribution in [-0.4, -0.2) is 46.8 Å². The molecular formula is C23H24ClN5O2. The van der Waals surface area contributed by atoms with Gasteiger partial charge >= 0.3 is 6.03 Å². The van der Waals surface area contributed by atoms with E-state index in [-0.39, 0.29) is 6.03 Å². The number of hydrogen-bond donors (Lipinski definition) is 2. The maximum Gasteiger partial charge on any atom is 0.343 e. The second kappa shape index (κ2) is 8.81. The fourth-order valence-corrected chi connectivity index (χ4v) is 3.75. The van der Waals surface area contributed by atoms with Crippen molar-refractivity contribution in [3.8, 4) is 5.75 Å². The van der Waals surface area contributed by atoms with E-state index in [9.17, 15) is 4.79 Å². The second-order valence-electron chi connectivity index (χ2n) is 7.55. The quantitative estimate of drug-likeness (QED) is 0.516. The Hall–Kier alpha value is -3.32. The van der Waals surface area contributed by atoms with Gasteiger partial charge in [0.05, 0.1) is 17.8 Å². The van der Waals surface area contributed by atoms with Crippen molar-refractivity contribution >= 4 is 51.3 Å². The van der Waals surface area contributed by atoms with Crippen LogP contribution in [-0.2, 0) is 0 Å². The summed E-state index contributed by atoms with van der Waals surface area (Å²) < 4.78 is 5.31. The highest BCUT2D eigenvalue weighted by molar-refractivity contribution is 6.32. The van der Waals surface area contributed by atoms with Crippen LogP contribution in [0, 0.1) is 0 Å². The third kappa shape index (κ3) is 4.56. The van der Waals surface area contributed by atoms with Crippen molar-refractivity contribution in [1.82, 2.24) is 14.9 Å². The molecule has 0 aliphatic carbocycles. The fraction of sp³-hybridized carbons (Fsp3) is 0.261. The van der Waals surface area contributed by atoms with Crippen molar-refractivity contribution < 1.29 is 9.53 Å². The van der Waals surface area contributed by atoms with Gasteiger partial charge in [-0.25, -0.2) is 14.8 Å². The van der Waals surface area contributed by atoms with Crippen LogP contribution in [0.1, 0.15) is 26.0 Å². The summed E-state index contributed by atoms with van der Waals surface area (Å²) in [7, 11) is 1.59. The van der Waals surface area contributed by atoms with Crippen LogP contribution < -0.4 is 10.1 Å². The molecule has 0 bridgehead atoms. The van der Waals surface area contributed by atoms with Gasteiger partial charge in [0.15, 0.2) is 0 Å². The maximum atomic E-state index is 12.1. The molecule has 8 heteroatoms. The third-order valence-electron chi connectivity index (χ3n) is 5.11. The average Bonchev–Trinajstić information content (AvgIpc) is 3.20. The molecule has 31 heavy (non-hydrogen) atoms. The summed E-state index contributed by atoms with van der Waals surface area (Å²) in [5, 5.41) is 4.97. The molecule has 0 saturated carbocycles. The van der Waals surface area contributed by atoms with Crippen LogP contribution in [0.15, 0.2) is 47.6 Å². The average molecular weight is 438 g/mol. The molecule has 0 fully saturated rings. The number of pyridine rings is 1. The number of nitrogens with one attached hydrogen (secondary N) is 2. The van der Waals surface area contributed by atoms with Gasteiger partial charge in [-0.15, -0.1) is 0 Å². The minimum absolute atomic E-state index is 0.182. The number of nitrogens with zero attached hydrogens (tertiary/aromatic N) is 3. The van der Waals surface area contributed by atoms with E-state index in [2.05, 4.69) is 32.4 Å². The number of hydrogen-bond acceptors (Lipinski definition) is 4. The molecule has 1 aliphatic heterocycles. The van der Waals surface area contributed by atoms with Gasteiger partial charge in [-0.3, -0.25) is 0 Å². The van der Waals surface area contributed by atoms with E-state index < -0.39 is 0 Å². The van der Waals surface area contributed by atoms with Gasteiger partial charge < -0.3 is 19.9 Å². The molecule has 1 aromatic carbocycles. The summed E-state index contributed by atoms with van der Waals surface area (Å²) in [6, 6.07) is 9.40. The van der Waals surface area contributed by atoms with Gasteiger partial charge in [-0.1, -0.05) is 17.7 Å². The molecule has 160 valence electrons.